The summed E-state index contributed by atoms with van der Waals surface area (Å²) < 4.78 is 25.8. The SMILES string of the molecule is Cc1ccc(S(=O)(=O)N/N=C\Cn2nnc3ccccc32)cc1. The maximum atomic E-state index is 12.1. The van der Waals surface area contributed by atoms with Crippen molar-refractivity contribution >= 4 is 27.3 Å². The highest BCUT2D eigenvalue weighted by Crippen LogP contribution is 2.10. The van der Waals surface area contributed by atoms with Crippen molar-refractivity contribution in [2.45, 2.75) is 18.4 Å². The predicted octanol–water partition coefficient (Wildman–Crippen LogP) is 1.70. The lowest BCUT2D eigenvalue weighted by molar-refractivity contribution is 0.584. The minimum absolute atomic E-state index is 0.173. The van der Waals surface area contributed by atoms with Gasteiger partial charge in [0.25, 0.3) is 10.0 Å². The van der Waals surface area contributed by atoms with Crippen LogP contribution in [0.4, 0.5) is 0 Å². The highest BCUT2D eigenvalue weighted by Gasteiger charge is 2.11. The van der Waals surface area contributed by atoms with Crippen LogP contribution in [0.5, 0.6) is 0 Å². The van der Waals surface area contributed by atoms with Gasteiger partial charge in [0.15, 0.2) is 0 Å². The number of benzene rings is 2. The Hall–Kier alpha value is -2.74. The molecule has 2 aromatic carbocycles. The van der Waals surface area contributed by atoms with Gasteiger partial charge in [-0.3, -0.25) is 0 Å². The number of nitrogens with zero attached hydrogens (tertiary/aromatic N) is 4. The zero-order valence-corrected chi connectivity index (χ0v) is 13.2. The first-order valence-electron chi connectivity index (χ1n) is 6.94. The smallest absolute Gasteiger partial charge is 0.239 e. The third-order valence-electron chi connectivity index (χ3n) is 3.27. The van der Waals surface area contributed by atoms with Crippen molar-refractivity contribution in [1.29, 1.82) is 0 Å². The molecular weight excluding hydrogens is 314 g/mol. The van der Waals surface area contributed by atoms with Crippen LogP contribution in [0.1, 0.15) is 5.56 Å². The summed E-state index contributed by atoms with van der Waals surface area (Å²) in [4.78, 5) is 2.36. The van der Waals surface area contributed by atoms with E-state index in [0.717, 1.165) is 16.6 Å². The Kier molecular flexibility index (Phi) is 4.07. The number of para-hydroxylation sites is 1. The molecule has 0 aliphatic rings. The third-order valence-corrected chi connectivity index (χ3v) is 4.51. The molecule has 0 spiro atoms. The molecule has 0 unspecified atom stereocenters. The van der Waals surface area contributed by atoms with Crippen molar-refractivity contribution < 1.29 is 8.42 Å². The van der Waals surface area contributed by atoms with Gasteiger partial charge in [-0.2, -0.15) is 13.5 Å². The molecule has 0 atom stereocenters. The first kappa shape index (κ1) is 15.2. The van der Waals surface area contributed by atoms with Crippen LogP contribution in [0.15, 0.2) is 58.5 Å². The molecule has 0 saturated carbocycles. The largest absolute Gasteiger partial charge is 0.276 e. The predicted molar refractivity (Wildman–Crippen MR) is 87.5 cm³/mol. The van der Waals surface area contributed by atoms with Crippen molar-refractivity contribution in [2.75, 3.05) is 0 Å². The van der Waals surface area contributed by atoms with E-state index in [1.165, 1.54) is 18.3 Å². The fourth-order valence-electron chi connectivity index (χ4n) is 2.05. The molecule has 0 saturated heterocycles. The molecule has 1 aromatic heterocycles. The summed E-state index contributed by atoms with van der Waals surface area (Å²) in [6.07, 6.45) is 1.44. The van der Waals surface area contributed by atoms with Gasteiger partial charge in [-0.25, -0.2) is 9.51 Å². The molecule has 118 valence electrons. The second-order valence-electron chi connectivity index (χ2n) is 4.98. The maximum Gasteiger partial charge on any atom is 0.276 e. The van der Waals surface area contributed by atoms with E-state index in [1.54, 1.807) is 16.8 Å². The van der Waals surface area contributed by atoms with Gasteiger partial charge in [-0.05, 0) is 31.2 Å². The highest BCUT2D eigenvalue weighted by molar-refractivity contribution is 7.89. The number of fused-ring (bicyclic) bond motifs is 1. The fourth-order valence-corrected chi connectivity index (χ4v) is 2.86. The molecule has 7 nitrogen and oxygen atoms in total. The Labute approximate surface area is 133 Å². The summed E-state index contributed by atoms with van der Waals surface area (Å²) in [6.45, 7) is 2.21. The van der Waals surface area contributed by atoms with Crippen LogP contribution < -0.4 is 4.83 Å². The number of nitrogens with one attached hydrogen (secondary N) is 1. The summed E-state index contributed by atoms with van der Waals surface area (Å²) >= 11 is 0. The molecule has 0 aliphatic carbocycles. The lowest BCUT2D eigenvalue weighted by Gasteiger charge is -2.03. The zero-order valence-electron chi connectivity index (χ0n) is 12.4. The molecule has 3 rings (SSSR count). The quantitative estimate of drug-likeness (QED) is 0.570. The van der Waals surface area contributed by atoms with E-state index in [1.807, 2.05) is 31.2 Å². The number of aromatic nitrogens is 3. The highest BCUT2D eigenvalue weighted by atomic mass is 32.2. The Morgan fingerprint density at radius 1 is 1.17 bits per heavy atom. The van der Waals surface area contributed by atoms with Crippen molar-refractivity contribution in [3.63, 3.8) is 0 Å². The van der Waals surface area contributed by atoms with Gasteiger partial charge in [-0.15, -0.1) is 5.10 Å². The van der Waals surface area contributed by atoms with Gasteiger partial charge >= 0.3 is 0 Å². The zero-order chi connectivity index (χ0) is 16.3. The van der Waals surface area contributed by atoms with Crippen molar-refractivity contribution in [1.82, 2.24) is 19.8 Å². The van der Waals surface area contributed by atoms with Crippen molar-refractivity contribution in [3.05, 3.63) is 54.1 Å². The van der Waals surface area contributed by atoms with Gasteiger partial charge in [0.05, 0.1) is 17.0 Å². The fraction of sp³-hybridized carbons (Fsp3) is 0.133. The lowest BCUT2D eigenvalue weighted by atomic mass is 10.2. The molecule has 0 aliphatic heterocycles. The number of sulfonamides is 1. The van der Waals surface area contributed by atoms with Crippen LogP contribution in [0.2, 0.25) is 0 Å². The number of hydrogen-bond acceptors (Lipinski definition) is 5. The van der Waals surface area contributed by atoms with Crippen LogP contribution >= 0.6 is 0 Å². The Morgan fingerprint density at radius 2 is 1.91 bits per heavy atom. The first-order chi connectivity index (χ1) is 11.1. The molecule has 8 heteroatoms. The molecule has 0 radical (unpaired) electrons. The van der Waals surface area contributed by atoms with Crippen LogP contribution in [-0.4, -0.2) is 29.6 Å². The van der Waals surface area contributed by atoms with Gasteiger partial charge in [0, 0.05) is 6.21 Å². The number of hydrazone groups is 1. The second kappa shape index (κ2) is 6.17. The van der Waals surface area contributed by atoms with E-state index in [9.17, 15) is 8.42 Å². The van der Waals surface area contributed by atoms with E-state index in [2.05, 4.69) is 20.2 Å². The molecule has 0 amide bonds. The Morgan fingerprint density at radius 3 is 2.70 bits per heavy atom. The number of aryl methyl sites for hydroxylation is 1. The standard InChI is InChI=1S/C15H15N5O2S/c1-12-6-8-13(9-7-12)23(21,22)19-16-10-11-20-15-5-3-2-4-14(15)17-18-20/h2-10,19H,11H2,1H3/b16-10-. The monoisotopic (exact) mass is 329 g/mol. The summed E-state index contributed by atoms with van der Waals surface area (Å²) in [5.41, 5.74) is 2.63. The summed E-state index contributed by atoms with van der Waals surface area (Å²) in [6, 6.07) is 14.1. The summed E-state index contributed by atoms with van der Waals surface area (Å²) in [7, 11) is -3.65. The molecule has 1 N–H and O–H groups in total. The first-order valence-corrected chi connectivity index (χ1v) is 8.43. The molecule has 0 fully saturated rings. The van der Waals surface area contributed by atoms with Gasteiger partial charge < -0.3 is 0 Å². The van der Waals surface area contributed by atoms with E-state index in [4.69, 9.17) is 0 Å². The third kappa shape index (κ3) is 3.37. The van der Waals surface area contributed by atoms with E-state index >= 15 is 0 Å². The average Bonchev–Trinajstić information content (AvgIpc) is 2.95. The average molecular weight is 329 g/mol. The molecular formula is C15H15N5O2S. The molecule has 1 heterocycles. The van der Waals surface area contributed by atoms with Crippen LogP contribution in [0.25, 0.3) is 11.0 Å². The van der Waals surface area contributed by atoms with E-state index in [-0.39, 0.29) is 4.90 Å². The van der Waals surface area contributed by atoms with E-state index < -0.39 is 10.0 Å². The minimum Gasteiger partial charge on any atom is -0.239 e. The summed E-state index contributed by atoms with van der Waals surface area (Å²) in [5, 5.41) is 11.8. The van der Waals surface area contributed by atoms with Gasteiger partial charge in [0.2, 0.25) is 0 Å². The van der Waals surface area contributed by atoms with Crippen molar-refractivity contribution in [2.24, 2.45) is 5.10 Å². The van der Waals surface area contributed by atoms with Crippen LogP contribution in [0.3, 0.4) is 0 Å². The summed E-state index contributed by atoms with van der Waals surface area (Å²) in [5.74, 6) is 0. The molecule has 0 bridgehead atoms. The van der Waals surface area contributed by atoms with Crippen LogP contribution in [0, 0.1) is 6.92 Å². The number of hydrogen-bond donors (Lipinski definition) is 1. The van der Waals surface area contributed by atoms with E-state index in [0.29, 0.717) is 6.54 Å². The Bertz CT molecular complexity index is 945. The second-order valence-corrected chi connectivity index (χ2v) is 6.64. The normalized spacial score (nSPS) is 12.0. The minimum atomic E-state index is -3.65. The van der Waals surface area contributed by atoms with Gasteiger partial charge in [0.1, 0.15) is 5.52 Å². The molecule has 23 heavy (non-hydrogen) atoms. The Balaban J connectivity index is 1.68. The van der Waals surface area contributed by atoms with Crippen LogP contribution in [-0.2, 0) is 16.6 Å². The number of rotatable bonds is 5. The van der Waals surface area contributed by atoms with Gasteiger partial charge in [-0.1, -0.05) is 35.0 Å². The van der Waals surface area contributed by atoms with Crippen molar-refractivity contribution in [3.8, 4) is 0 Å². The topological polar surface area (TPSA) is 89.2 Å². The maximum absolute atomic E-state index is 12.1. The lowest BCUT2D eigenvalue weighted by Crippen LogP contribution is -2.18. The molecule has 3 aromatic rings.